The molecule has 4 atom stereocenters. The van der Waals surface area contributed by atoms with Crippen LogP contribution in [-0.2, 0) is 21.5 Å². The molecule has 348 valence electrons. The minimum absolute atomic E-state index is 0.0253. The van der Waals surface area contributed by atoms with Crippen molar-refractivity contribution < 1.29 is 32.7 Å². The van der Waals surface area contributed by atoms with Gasteiger partial charge in [0.25, 0.3) is 5.91 Å². The summed E-state index contributed by atoms with van der Waals surface area (Å²) in [7, 11) is 0. The number of carbonyl (C=O) groups is 1. The van der Waals surface area contributed by atoms with Crippen molar-refractivity contribution in [3.8, 4) is 5.69 Å². The van der Waals surface area contributed by atoms with E-state index in [2.05, 4.69) is 53.2 Å². The lowest BCUT2D eigenvalue weighted by Crippen LogP contribution is -2.41. The Labute approximate surface area is 389 Å². The molecule has 1 saturated heterocycles. The molecule has 68 heavy (non-hydrogen) atoms. The molecule has 5 aliphatic rings. The van der Waals surface area contributed by atoms with Gasteiger partial charge in [0, 0.05) is 61.0 Å². The molecule has 3 aliphatic heterocycles. The highest BCUT2D eigenvalue weighted by Crippen LogP contribution is 2.56. The number of anilines is 2. The molecule has 15 nitrogen and oxygen atoms in total. The summed E-state index contributed by atoms with van der Waals surface area (Å²) in [5, 5.41) is 25.8. The Kier molecular flexibility index (Phi) is 9.54. The van der Waals surface area contributed by atoms with Crippen LogP contribution in [0.4, 0.5) is 20.3 Å². The SMILES string of the molecule is Cc1cc(-n2nc3c(c2N2C=CN(c4ccc5c(cnn5C5CC5)c4F)C2=C=O)[C@H](C)N(C(=O)c2cc4cc([C@H]5CCOC(C)(C)C5)ccc4n2[C@@]2(c4ncon4)C[C@@H]2CO)CC3)cc(C)c1F. The van der Waals surface area contributed by atoms with Gasteiger partial charge in [-0.2, -0.15) is 15.2 Å². The zero-order chi connectivity index (χ0) is 47.0. The molecule has 17 heteroatoms. The summed E-state index contributed by atoms with van der Waals surface area (Å²) in [6, 6.07) is 14.8. The van der Waals surface area contributed by atoms with E-state index in [-0.39, 0.29) is 53.3 Å². The molecule has 3 fully saturated rings. The van der Waals surface area contributed by atoms with Crippen LogP contribution in [0.25, 0.3) is 27.5 Å². The van der Waals surface area contributed by atoms with Gasteiger partial charge in [-0.25, -0.2) is 18.3 Å². The van der Waals surface area contributed by atoms with Crippen LogP contribution in [0, 0.1) is 31.4 Å². The van der Waals surface area contributed by atoms with E-state index < -0.39 is 17.4 Å². The monoisotopic (exact) mass is 920 g/mol. The molecule has 1 N–H and O–H groups in total. The van der Waals surface area contributed by atoms with E-state index in [0.29, 0.717) is 82.3 Å². The number of hydrogen-bond acceptors (Lipinski definition) is 11. The highest BCUT2D eigenvalue weighted by molar-refractivity contribution is 6.00. The number of aryl methyl sites for hydroxylation is 2. The van der Waals surface area contributed by atoms with Crippen molar-refractivity contribution in [2.24, 2.45) is 5.92 Å². The maximum absolute atomic E-state index is 16.6. The molecular formula is C51H50F2N10O5. The summed E-state index contributed by atoms with van der Waals surface area (Å²) in [5.41, 5.74) is 4.66. The zero-order valence-electron chi connectivity index (χ0n) is 38.4. The predicted molar refractivity (Wildman–Crippen MR) is 248 cm³/mol. The van der Waals surface area contributed by atoms with Crippen molar-refractivity contribution in [2.45, 2.75) is 102 Å². The first kappa shape index (κ1) is 42.4. The number of hydrogen-bond donors (Lipinski definition) is 1. The third kappa shape index (κ3) is 6.35. The van der Waals surface area contributed by atoms with Crippen molar-refractivity contribution in [2.75, 3.05) is 29.6 Å². The number of nitrogens with zero attached hydrogens (tertiary/aromatic N) is 10. The fraction of sp³-hybridized carbons (Fsp3) is 0.392. The van der Waals surface area contributed by atoms with Crippen molar-refractivity contribution in [1.82, 2.24) is 39.2 Å². The molecule has 1 amide bonds. The second-order valence-corrected chi connectivity index (χ2v) is 19.8. The highest BCUT2D eigenvalue weighted by atomic mass is 19.1. The lowest BCUT2D eigenvalue weighted by Gasteiger charge is -2.35. The number of aliphatic hydroxyl groups excluding tert-OH is 1. The largest absolute Gasteiger partial charge is 0.396 e. The predicted octanol–water partition coefficient (Wildman–Crippen LogP) is 8.45. The summed E-state index contributed by atoms with van der Waals surface area (Å²) in [5.74, 6) is 1.71. The third-order valence-electron chi connectivity index (χ3n) is 15.0. The molecule has 0 radical (unpaired) electrons. The maximum atomic E-state index is 16.6. The lowest BCUT2D eigenvalue weighted by atomic mass is 9.83. The number of carbonyl (C=O) groups excluding carboxylic acids is 2. The van der Waals surface area contributed by atoms with Crippen LogP contribution in [0.15, 0.2) is 83.9 Å². The van der Waals surface area contributed by atoms with E-state index in [1.54, 1.807) is 58.9 Å². The van der Waals surface area contributed by atoms with Crippen LogP contribution in [0.3, 0.4) is 0 Å². The Balaban J connectivity index is 0.974. The quantitative estimate of drug-likeness (QED) is 0.139. The molecule has 0 unspecified atom stereocenters. The van der Waals surface area contributed by atoms with Gasteiger partial charge in [0.15, 0.2) is 17.6 Å². The van der Waals surface area contributed by atoms with Gasteiger partial charge in [0.2, 0.25) is 12.2 Å². The summed E-state index contributed by atoms with van der Waals surface area (Å²) in [6.07, 6.45) is 10.6. The van der Waals surface area contributed by atoms with E-state index in [0.717, 1.165) is 42.1 Å². The molecule has 2 aliphatic carbocycles. The fourth-order valence-corrected chi connectivity index (χ4v) is 11.4. The van der Waals surface area contributed by atoms with Gasteiger partial charge in [0.1, 0.15) is 22.9 Å². The number of benzene rings is 3. The molecule has 2 saturated carbocycles. The van der Waals surface area contributed by atoms with Gasteiger partial charge in [-0.05, 0) is 132 Å². The van der Waals surface area contributed by atoms with Crippen LogP contribution < -0.4 is 9.80 Å². The molecule has 0 bridgehead atoms. The standard InChI is InChI=1S/C51H50F2N10O5/c1-28-18-36(19-29(2)45(28)52)63-47(60-16-15-59(43(60)26-65)41-11-10-40-37(46(41)53)24-55-62(40)35-7-8-35)44-30(3)58(14-12-38(44)56-63)48(66)42-21-33-20-31(32-13-17-67-50(4,5)22-32)6-9-39(33)61(42)51(23-34(51)25-64)49-54-27-68-57-49/h6,9-11,15-16,18-21,24,27,30,32,34-35,64H,7-8,12-14,17,22-23,25H2,1-5H3/t30-,32-,34+,51-/m0/s1. The molecule has 4 aromatic heterocycles. The summed E-state index contributed by atoms with van der Waals surface area (Å²) >= 11 is 0. The molecule has 7 heterocycles. The van der Waals surface area contributed by atoms with Crippen LogP contribution >= 0.6 is 0 Å². The summed E-state index contributed by atoms with van der Waals surface area (Å²) < 4.78 is 48.7. The third-order valence-corrected chi connectivity index (χ3v) is 15.0. The first-order valence-electron chi connectivity index (χ1n) is 23.4. The first-order chi connectivity index (χ1) is 32.8. The second-order valence-electron chi connectivity index (χ2n) is 19.8. The van der Waals surface area contributed by atoms with Gasteiger partial charge in [0.05, 0.1) is 51.9 Å². The fourth-order valence-electron chi connectivity index (χ4n) is 11.4. The number of amides is 1. The number of aromatic nitrogens is 7. The normalized spacial score (nSPS) is 23.3. The van der Waals surface area contributed by atoms with Gasteiger partial charge < -0.3 is 23.8 Å². The average Bonchev–Trinajstić information content (AvgIpc) is 3.83. The lowest BCUT2D eigenvalue weighted by molar-refractivity contribution is -0.0592. The minimum atomic E-state index is -0.947. The molecule has 7 aromatic rings. The van der Waals surface area contributed by atoms with Crippen LogP contribution in [0.2, 0.25) is 0 Å². The van der Waals surface area contributed by atoms with Crippen molar-refractivity contribution in [3.63, 3.8) is 0 Å². The van der Waals surface area contributed by atoms with Gasteiger partial charge in [-0.3, -0.25) is 19.3 Å². The summed E-state index contributed by atoms with van der Waals surface area (Å²) in [6.45, 7) is 10.3. The van der Waals surface area contributed by atoms with Crippen molar-refractivity contribution >= 4 is 45.2 Å². The molecule has 12 rings (SSSR count). The minimum Gasteiger partial charge on any atom is -0.396 e. The molecular weight excluding hydrogens is 871 g/mol. The topological polar surface area (TPSA) is 153 Å². The van der Waals surface area contributed by atoms with Crippen LogP contribution in [0.5, 0.6) is 0 Å². The summed E-state index contributed by atoms with van der Waals surface area (Å²) in [4.78, 5) is 38.3. The second kappa shape index (κ2) is 15.3. The van der Waals surface area contributed by atoms with Crippen LogP contribution in [-0.4, -0.2) is 81.5 Å². The van der Waals surface area contributed by atoms with E-state index >= 15 is 13.6 Å². The number of ether oxygens (including phenoxy) is 1. The van der Waals surface area contributed by atoms with Gasteiger partial charge in [-0.1, -0.05) is 11.2 Å². The van der Waals surface area contributed by atoms with E-state index in [9.17, 15) is 9.90 Å². The Hall–Kier alpha value is -6.94. The average molecular weight is 921 g/mol. The first-order valence-corrected chi connectivity index (χ1v) is 23.4. The number of fused-ring (bicyclic) bond motifs is 3. The van der Waals surface area contributed by atoms with E-state index in [1.165, 1.54) is 17.5 Å². The molecule has 0 spiro atoms. The zero-order valence-corrected chi connectivity index (χ0v) is 38.4. The van der Waals surface area contributed by atoms with Crippen molar-refractivity contribution in [1.29, 1.82) is 0 Å². The van der Waals surface area contributed by atoms with Crippen molar-refractivity contribution in [3.05, 3.63) is 130 Å². The Morgan fingerprint density at radius 1 is 0.971 bits per heavy atom. The Bertz CT molecular complexity index is 3280. The van der Waals surface area contributed by atoms with Crippen LogP contribution in [0.1, 0.15) is 115 Å². The maximum Gasteiger partial charge on any atom is 0.271 e. The Morgan fingerprint density at radius 3 is 2.46 bits per heavy atom. The van der Waals surface area contributed by atoms with Gasteiger partial charge >= 0.3 is 0 Å². The number of aliphatic hydroxyl groups is 1. The smallest absolute Gasteiger partial charge is 0.271 e. The Morgan fingerprint density at radius 2 is 1.75 bits per heavy atom. The van der Waals surface area contributed by atoms with E-state index in [4.69, 9.17) is 14.4 Å². The number of halogens is 2. The number of rotatable bonds is 9. The molecule has 3 aromatic carbocycles. The van der Waals surface area contributed by atoms with E-state index in [1.807, 2.05) is 28.3 Å². The van der Waals surface area contributed by atoms with Gasteiger partial charge in [-0.15, -0.1) is 0 Å². The highest BCUT2D eigenvalue weighted by Gasteiger charge is 2.61.